The number of anilines is 1. The van der Waals surface area contributed by atoms with E-state index < -0.39 is 0 Å². The molecule has 0 saturated carbocycles. The number of thiophene rings is 1. The third-order valence-corrected chi connectivity index (χ3v) is 7.56. The van der Waals surface area contributed by atoms with Crippen LogP contribution in [0.5, 0.6) is 5.75 Å². The fourth-order valence-electron chi connectivity index (χ4n) is 3.03. The molecule has 0 spiro atoms. The van der Waals surface area contributed by atoms with Gasteiger partial charge in [0.15, 0.2) is 0 Å². The van der Waals surface area contributed by atoms with Gasteiger partial charge in [-0.1, -0.05) is 17.8 Å². The van der Waals surface area contributed by atoms with Crippen molar-refractivity contribution >= 4 is 56.7 Å². The number of aromatic nitrogens is 1. The van der Waals surface area contributed by atoms with Crippen molar-refractivity contribution in [1.82, 2.24) is 4.98 Å². The van der Waals surface area contributed by atoms with Crippen LogP contribution in [0, 0.1) is 0 Å². The van der Waals surface area contributed by atoms with Crippen LogP contribution in [0.25, 0.3) is 10.9 Å². The molecule has 154 valence electrons. The quantitative estimate of drug-likeness (QED) is 0.310. The van der Waals surface area contributed by atoms with Crippen LogP contribution < -0.4 is 9.46 Å². The van der Waals surface area contributed by atoms with E-state index in [1.54, 1.807) is 42.2 Å². The first-order valence-electron chi connectivity index (χ1n) is 9.34. The average Bonchev–Trinajstić information content (AvgIpc) is 3.47. The number of aliphatic hydroxyl groups is 1. The number of aliphatic imine (C=N–C) groups is 1. The molecular weight excluding hydrogens is 426 g/mol. The van der Waals surface area contributed by atoms with Crippen molar-refractivity contribution in [2.45, 2.75) is 15.9 Å². The Balaban J connectivity index is 1.60. The van der Waals surface area contributed by atoms with Gasteiger partial charge in [0.05, 0.1) is 34.3 Å². The second-order valence-corrected chi connectivity index (χ2v) is 9.84. The molecule has 29 heavy (non-hydrogen) atoms. The highest BCUT2D eigenvalue weighted by molar-refractivity contribution is 8.15. The molecule has 0 aliphatic carbocycles. The number of H-pyrrole nitrogens is 1. The highest BCUT2D eigenvalue weighted by Crippen LogP contribution is 2.36. The third kappa shape index (κ3) is 5.10. The zero-order valence-electron chi connectivity index (χ0n) is 16.0. The van der Waals surface area contributed by atoms with Gasteiger partial charge in [-0.2, -0.15) is 0 Å². The first kappa shape index (κ1) is 20.6. The fourth-order valence-corrected chi connectivity index (χ4v) is 5.55. The summed E-state index contributed by atoms with van der Waals surface area (Å²) in [5.74, 6) is 0.800. The van der Waals surface area contributed by atoms with Crippen molar-refractivity contribution in [3.8, 4) is 5.75 Å². The molecule has 3 N–H and O–H groups in total. The molecule has 1 aliphatic rings. The Bertz CT molecular complexity index is 972. The highest BCUT2D eigenvalue weighted by Gasteiger charge is 2.22. The van der Waals surface area contributed by atoms with Crippen molar-refractivity contribution in [3.63, 3.8) is 0 Å². The monoisotopic (exact) mass is 449 g/mol. The molecule has 2 aromatic heterocycles. The molecule has 3 aromatic rings. The Morgan fingerprint density at radius 2 is 2.28 bits per heavy atom. The molecule has 1 aromatic carbocycles. The average molecular weight is 450 g/mol. The van der Waals surface area contributed by atoms with Gasteiger partial charge < -0.3 is 24.3 Å². The van der Waals surface area contributed by atoms with Crippen LogP contribution in [0.3, 0.4) is 0 Å². The second kappa shape index (κ2) is 9.90. The molecule has 3 heterocycles. The standard InChI is InChI=1S/C20H23N3O3S3/c1-25-6-7-26-14-9-13-10-17(20-21-12-15(28-20)4-5-24)22-19(13)16(11-14)23-29-18-3-2-8-27-18/h2-3,8-11,15,22-24H,4-7,12H2,1H3. The summed E-state index contributed by atoms with van der Waals surface area (Å²) < 4.78 is 15.6. The number of aliphatic hydroxyl groups excluding tert-OH is 1. The first-order valence-corrected chi connectivity index (χ1v) is 11.9. The topological polar surface area (TPSA) is 78.9 Å². The summed E-state index contributed by atoms with van der Waals surface area (Å²) in [6, 6.07) is 10.3. The Morgan fingerprint density at radius 3 is 3.07 bits per heavy atom. The van der Waals surface area contributed by atoms with E-state index in [0.717, 1.165) is 46.0 Å². The van der Waals surface area contributed by atoms with Gasteiger partial charge >= 0.3 is 0 Å². The number of nitrogens with one attached hydrogen (secondary N) is 2. The predicted molar refractivity (Wildman–Crippen MR) is 124 cm³/mol. The Kier molecular flexibility index (Phi) is 7.04. The van der Waals surface area contributed by atoms with E-state index in [-0.39, 0.29) is 6.61 Å². The van der Waals surface area contributed by atoms with E-state index in [1.165, 1.54) is 4.21 Å². The van der Waals surface area contributed by atoms with Crippen LogP contribution in [-0.2, 0) is 4.74 Å². The van der Waals surface area contributed by atoms with Crippen molar-refractivity contribution < 1.29 is 14.6 Å². The van der Waals surface area contributed by atoms with Gasteiger partial charge in [-0.15, -0.1) is 11.3 Å². The van der Waals surface area contributed by atoms with Gasteiger partial charge in [-0.25, -0.2) is 0 Å². The highest BCUT2D eigenvalue weighted by atomic mass is 32.2. The van der Waals surface area contributed by atoms with Crippen molar-refractivity contribution in [1.29, 1.82) is 0 Å². The number of benzene rings is 1. The summed E-state index contributed by atoms with van der Waals surface area (Å²) in [4.78, 5) is 8.19. The minimum Gasteiger partial charge on any atom is -0.491 e. The summed E-state index contributed by atoms with van der Waals surface area (Å²) in [6.45, 7) is 2.00. The zero-order chi connectivity index (χ0) is 20.1. The van der Waals surface area contributed by atoms with Crippen LogP contribution in [0.1, 0.15) is 12.1 Å². The SMILES string of the molecule is COCCOc1cc(NSc2cccs2)c2[nH]c(C3=NCC(CCO)S3)cc2c1. The lowest BCUT2D eigenvalue weighted by Crippen LogP contribution is -2.05. The third-order valence-electron chi connectivity index (χ3n) is 4.41. The summed E-state index contributed by atoms with van der Waals surface area (Å²) in [7, 11) is 1.67. The van der Waals surface area contributed by atoms with E-state index in [0.29, 0.717) is 18.5 Å². The molecule has 4 rings (SSSR count). The van der Waals surface area contributed by atoms with Gasteiger partial charge in [-0.3, -0.25) is 4.99 Å². The van der Waals surface area contributed by atoms with Crippen molar-refractivity contribution in [2.75, 3.05) is 38.2 Å². The molecule has 0 bridgehead atoms. The number of fused-ring (bicyclic) bond motifs is 1. The van der Waals surface area contributed by atoms with Gasteiger partial charge in [0.1, 0.15) is 17.4 Å². The lowest BCUT2D eigenvalue weighted by molar-refractivity contribution is 0.146. The van der Waals surface area contributed by atoms with Gasteiger partial charge in [0.2, 0.25) is 0 Å². The normalized spacial score (nSPS) is 16.3. The number of hydrogen-bond acceptors (Lipinski definition) is 8. The maximum atomic E-state index is 9.19. The second-order valence-electron chi connectivity index (χ2n) is 6.49. The van der Waals surface area contributed by atoms with E-state index in [1.807, 2.05) is 18.2 Å². The Labute approximate surface area is 182 Å². The van der Waals surface area contributed by atoms with Crippen molar-refractivity contribution in [2.24, 2.45) is 4.99 Å². The number of thioether (sulfide) groups is 1. The van der Waals surface area contributed by atoms with Crippen LogP contribution in [0.15, 0.2) is 44.9 Å². The van der Waals surface area contributed by atoms with Gasteiger partial charge in [0.25, 0.3) is 0 Å². The minimum atomic E-state index is 0.198. The predicted octanol–water partition coefficient (Wildman–Crippen LogP) is 4.62. The lowest BCUT2D eigenvalue weighted by Gasteiger charge is -2.10. The zero-order valence-corrected chi connectivity index (χ0v) is 18.5. The lowest BCUT2D eigenvalue weighted by atomic mass is 10.2. The largest absolute Gasteiger partial charge is 0.491 e. The maximum Gasteiger partial charge on any atom is 0.122 e. The Morgan fingerprint density at radius 1 is 1.34 bits per heavy atom. The molecular formula is C20H23N3O3S3. The van der Waals surface area contributed by atoms with Gasteiger partial charge in [-0.05, 0) is 41.9 Å². The molecule has 1 unspecified atom stereocenters. The number of hydrogen-bond donors (Lipinski definition) is 3. The minimum absolute atomic E-state index is 0.198. The van der Waals surface area contributed by atoms with E-state index >= 15 is 0 Å². The molecule has 9 heteroatoms. The number of methoxy groups -OCH3 is 1. The van der Waals surface area contributed by atoms with Crippen molar-refractivity contribution in [3.05, 3.63) is 41.4 Å². The Hall–Kier alpha value is -1.65. The summed E-state index contributed by atoms with van der Waals surface area (Å²) in [5, 5.41) is 13.7. The fraction of sp³-hybridized carbons (Fsp3) is 0.350. The summed E-state index contributed by atoms with van der Waals surface area (Å²) in [5.41, 5.74) is 3.00. The molecule has 1 aliphatic heterocycles. The number of nitrogens with zero attached hydrogens (tertiary/aromatic N) is 1. The van der Waals surface area contributed by atoms with E-state index in [4.69, 9.17) is 9.47 Å². The number of rotatable bonds is 10. The summed E-state index contributed by atoms with van der Waals surface area (Å²) in [6.07, 6.45) is 0.764. The maximum absolute atomic E-state index is 9.19. The van der Waals surface area contributed by atoms with Crippen LogP contribution in [0.2, 0.25) is 0 Å². The molecule has 6 nitrogen and oxygen atoms in total. The molecule has 1 atom stereocenters. The molecule has 0 radical (unpaired) electrons. The molecule has 0 amide bonds. The summed E-state index contributed by atoms with van der Waals surface area (Å²) >= 11 is 5.01. The molecule has 0 saturated heterocycles. The molecule has 0 fully saturated rings. The first-order chi connectivity index (χ1) is 14.3. The smallest absolute Gasteiger partial charge is 0.122 e. The van der Waals surface area contributed by atoms with E-state index in [9.17, 15) is 5.11 Å². The van der Waals surface area contributed by atoms with Crippen LogP contribution >= 0.6 is 35.0 Å². The van der Waals surface area contributed by atoms with Crippen LogP contribution in [0.4, 0.5) is 5.69 Å². The number of aromatic amines is 1. The van der Waals surface area contributed by atoms with E-state index in [2.05, 4.69) is 32.2 Å². The number of ether oxygens (including phenoxy) is 2. The van der Waals surface area contributed by atoms with Crippen LogP contribution in [-0.4, -0.2) is 53.9 Å². The van der Waals surface area contributed by atoms with Gasteiger partial charge in [0, 0.05) is 30.4 Å².